The van der Waals surface area contributed by atoms with E-state index in [2.05, 4.69) is 15.2 Å². The maximum absolute atomic E-state index is 12.1. The predicted molar refractivity (Wildman–Crippen MR) is 78.3 cm³/mol. The van der Waals surface area contributed by atoms with Crippen molar-refractivity contribution in [3.8, 4) is 5.75 Å². The van der Waals surface area contributed by atoms with Crippen molar-refractivity contribution in [1.29, 1.82) is 0 Å². The highest BCUT2D eigenvalue weighted by molar-refractivity contribution is 6.32. The van der Waals surface area contributed by atoms with E-state index in [4.69, 9.17) is 11.6 Å². The number of carbonyl (C=O) groups excluding carboxylic acids is 1. The Kier molecular flexibility index (Phi) is 5.32. The topological polar surface area (TPSA) is 56.2 Å². The molecule has 0 fully saturated rings. The molecule has 5 nitrogen and oxygen atoms in total. The van der Waals surface area contributed by atoms with Crippen LogP contribution in [-0.4, -0.2) is 22.3 Å². The number of benzene rings is 1. The van der Waals surface area contributed by atoms with Gasteiger partial charge in [-0.2, -0.15) is 13.9 Å². The van der Waals surface area contributed by atoms with Crippen LogP contribution in [0.1, 0.15) is 12.1 Å². The van der Waals surface area contributed by atoms with E-state index in [-0.39, 0.29) is 23.1 Å². The van der Waals surface area contributed by atoms with E-state index in [0.717, 1.165) is 5.69 Å². The number of anilines is 1. The molecule has 1 heterocycles. The van der Waals surface area contributed by atoms with Gasteiger partial charge in [-0.3, -0.25) is 9.48 Å². The number of rotatable bonds is 6. The number of aryl methyl sites for hydroxylation is 2. The lowest BCUT2D eigenvalue weighted by atomic mass is 10.3. The van der Waals surface area contributed by atoms with Crippen molar-refractivity contribution >= 4 is 23.2 Å². The number of halogens is 3. The van der Waals surface area contributed by atoms with E-state index >= 15 is 0 Å². The van der Waals surface area contributed by atoms with E-state index < -0.39 is 6.61 Å². The third-order valence-corrected chi connectivity index (χ3v) is 3.21. The van der Waals surface area contributed by atoms with Crippen molar-refractivity contribution in [2.24, 2.45) is 0 Å². The normalized spacial score (nSPS) is 10.8. The zero-order valence-corrected chi connectivity index (χ0v) is 12.5. The molecule has 0 atom stereocenters. The number of ether oxygens (including phenoxy) is 1. The van der Waals surface area contributed by atoms with Gasteiger partial charge in [-0.05, 0) is 31.2 Å². The second kappa shape index (κ2) is 7.22. The first-order chi connectivity index (χ1) is 10.5. The van der Waals surface area contributed by atoms with E-state index in [1.54, 1.807) is 10.9 Å². The number of amides is 1. The van der Waals surface area contributed by atoms with Gasteiger partial charge >= 0.3 is 6.61 Å². The molecule has 2 rings (SSSR count). The molecule has 1 aromatic carbocycles. The summed E-state index contributed by atoms with van der Waals surface area (Å²) < 4.78 is 30.2. The lowest BCUT2D eigenvalue weighted by Gasteiger charge is -2.10. The van der Waals surface area contributed by atoms with Crippen LogP contribution in [0.5, 0.6) is 5.75 Å². The van der Waals surface area contributed by atoms with Crippen LogP contribution in [0, 0.1) is 6.92 Å². The Labute approximate surface area is 130 Å². The average molecular weight is 330 g/mol. The molecule has 0 bridgehead atoms. The van der Waals surface area contributed by atoms with Crippen LogP contribution in [0.4, 0.5) is 14.5 Å². The predicted octanol–water partition coefficient (Wildman–Crippen LogP) is 3.48. The molecule has 2 aromatic rings. The summed E-state index contributed by atoms with van der Waals surface area (Å²) in [5.74, 6) is -0.365. The summed E-state index contributed by atoms with van der Waals surface area (Å²) in [5.41, 5.74) is 1.37. The first-order valence-corrected chi connectivity index (χ1v) is 6.86. The summed E-state index contributed by atoms with van der Waals surface area (Å²) >= 11 is 5.81. The molecule has 8 heteroatoms. The molecule has 0 aliphatic heterocycles. The summed E-state index contributed by atoms with van der Waals surface area (Å²) in [6.07, 6.45) is 1.89. The summed E-state index contributed by atoms with van der Waals surface area (Å²) in [7, 11) is 0. The molecule has 0 saturated carbocycles. The Morgan fingerprint density at radius 3 is 2.82 bits per heavy atom. The minimum Gasteiger partial charge on any atom is -0.433 e. The highest BCUT2D eigenvalue weighted by atomic mass is 35.5. The molecule has 0 aliphatic rings. The summed E-state index contributed by atoms with van der Waals surface area (Å²) in [5, 5.41) is 6.71. The average Bonchev–Trinajstić information content (AvgIpc) is 2.85. The number of hydrogen-bond acceptors (Lipinski definition) is 3. The van der Waals surface area contributed by atoms with E-state index in [1.807, 2.05) is 13.0 Å². The van der Waals surface area contributed by atoms with Gasteiger partial charge in [0.05, 0.1) is 5.02 Å². The molecule has 22 heavy (non-hydrogen) atoms. The van der Waals surface area contributed by atoms with Crippen molar-refractivity contribution in [2.45, 2.75) is 26.5 Å². The van der Waals surface area contributed by atoms with Gasteiger partial charge in [0, 0.05) is 30.5 Å². The van der Waals surface area contributed by atoms with Gasteiger partial charge in [-0.25, -0.2) is 0 Å². The minimum absolute atomic E-state index is 0.000945. The number of nitrogens with one attached hydrogen (secondary N) is 1. The molecule has 0 aliphatic carbocycles. The molecule has 0 spiro atoms. The number of alkyl halides is 2. The SMILES string of the molecule is Cc1ccnn1CCC(=O)Nc1ccc(OC(F)F)c(Cl)c1. The highest BCUT2D eigenvalue weighted by Gasteiger charge is 2.10. The van der Waals surface area contributed by atoms with E-state index in [9.17, 15) is 13.6 Å². The van der Waals surface area contributed by atoms with Crippen molar-refractivity contribution in [2.75, 3.05) is 5.32 Å². The molecule has 0 radical (unpaired) electrons. The molecule has 0 saturated heterocycles. The molecule has 1 N–H and O–H groups in total. The van der Waals surface area contributed by atoms with Crippen LogP contribution < -0.4 is 10.1 Å². The van der Waals surface area contributed by atoms with E-state index in [1.165, 1.54) is 18.2 Å². The fourth-order valence-electron chi connectivity index (χ4n) is 1.83. The van der Waals surface area contributed by atoms with Crippen molar-refractivity contribution in [3.05, 3.63) is 41.2 Å². The van der Waals surface area contributed by atoms with Crippen molar-refractivity contribution in [1.82, 2.24) is 9.78 Å². The lowest BCUT2D eigenvalue weighted by Crippen LogP contribution is -2.15. The van der Waals surface area contributed by atoms with Crippen LogP contribution >= 0.6 is 11.6 Å². The monoisotopic (exact) mass is 329 g/mol. The van der Waals surface area contributed by atoms with Gasteiger partial charge < -0.3 is 10.1 Å². The van der Waals surface area contributed by atoms with Crippen LogP contribution in [0.3, 0.4) is 0 Å². The van der Waals surface area contributed by atoms with Gasteiger partial charge in [0.1, 0.15) is 5.75 Å². The Morgan fingerprint density at radius 2 is 2.23 bits per heavy atom. The second-order valence-electron chi connectivity index (χ2n) is 4.52. The maximum Gasteiger partial charge on any atom is 0.387 e. The van der Waals surface area contributed by atoms with E-state index in [0.29, 0.717) is 12.2 Å². The quantitative estimate of drug-likeness (QED) is 0.882. The Hall–Kier alpha value is -2.15. The molecule has 1 amide bonds. The van der Waals surface area contributed by atoms with Crippen LogP contribution in [-0.2, 0) is 11.3 Å². The van der Waals surface area contributed by atoms with Gasteiger partial charge in [0.2, 0.25) is 5.91 Å². The zero-order chi connectivity index (χ0) is 16.1. The molecular formula is C14H14ClF2N3O2. The summed E-state index contributed by atoms with van der Waals surface area (Å²) in [4.78, 5) is 11.8. The minimum atomic E-state index is -2.95. The van der Waals surface area contributed by atoms with Gasteiger partial charge in [0.25, 0.3) is 0 Å². The van der Waals surface area contributed by atoms with Crippen LogP contribution in [0.2, 0.25) is 5.02 Å². The molecule has 118 valence electrons. The first-order valence-electron chi connectivity index (χ1n) is 6.48. The smallest absolute Gasteiger partial charge is 0.387 e. The highest BCUT2D eigenvalue weighted by Crippen LogP contribution is 2.28. The standard InChI is InChI=1S/C14H14ClF2N3O2/c1-9-4-6-18-20(9)7-5-13(21)19-10-2-3-12(11(15)8-10)22-14(16)17/h2-4,6,8,14H,5,7H2,1H3,(H,19,21). The second-order valence-corrected chi connectivity index (χ2v) is 4.92. The van der Waals surface area contributed by atoms with Crippen molar-refractivity contribution < 1.29 is 18.3 Å². The third kappa shape index (κ3) is 4.42. The number of nitrogens with zero attached hydrogens (tertiary/aromatic N) is 2. The maximum atomic E-state index is 12.1. The lowest BCUT2D eigenvalue weighted by molar-refractivity contribution is -0.116. The van der Waals surface area contributed by atoms with Gasteiger partial charge in [0.15, 0.2) is 0 Å². The number of hydrogen-bond donors (Lipinski definition) is 1. The van der Waals surface area contributed by atoms with Crippen LogP contribution in [0.25, 0.3) is 0 Å². The molecule has 1 aromatic heterocycles. The zero-order valence-electron chi connectivity index (χ0n) is 11.7. The first kappa shape index (κ1) is 16.2. The van der Waals surface area contributed by atoms with Crippen molar-refractivity contribution in [3.63, 3.8) is 0 Å². The largest absolute Gasteiger partial charge is 0.433 e. The Morgan fingerprint density at radius 1 is 1.45 bits per heavy atom. The summed E-state index contributed by atoms with van der Waals surface area (Å²) in [6, 6.07) is 5.93. The van der Waals surface area contributed by atoms with Gasteiger partial charge in [-0.1, -0.05) is 11.6 Å². The fourth-order valence-corrected chi connectivity index (χ4v) is 2.06. The number of aromatic nitrogens is 2. The third-order valence-electron chi connectivity index (χ3n) is 2.91. The summed E-state index contributed by atoms with van der Waals surface area (Å²) in [6.45, 7) is -0.604. The Balaban J connectivity index is 1.91. The van der Waals surface area contributed by atoms with Crippen LogP contribution in [0.15, 0.2) is 30.5 Å². The molecular weight excluding hydrogens is 316 g/mol. The number of carbonyl (C=O) groups is 1. The fraction of sp³-hybridized carbons (Fsp3) is 0.286. The molecule has 0 unspecified atom stereocenters. The van der Waals surface area contributed by atoms with Gasteiger partial charge in [-0.15, -0.1) is 0 Å². The Bertz CT molecular complexity index is 661.